The zero-order valence-electron chi connectivity index (χ0n) is 10.2. The lowest BCUT2D eigenvalue weighted by Crippen LogP contribution is -2.22. The lowest BCUT2D eigenvalue weighted by Gasteiger charge is -2.08. The van der Waals surface area contributed by atoms with Crippen LogP contribution in [0.1, 0.15) is 11.1 Å². The molecule has 18 heavy (non-hydrogen) atoms. The molecule has 0 saturated carbocycles. The van der Waals surface area contributed by atoms with Crippen LogP contribution in [-0.2, 0) is 27.6 Å². The largest absolute Gasteiger partial charge is 0.481 e. The van der Waals surface area contributed by atoms with Gasteiger partial charge in [0.05, 0.1) is 12.2 Å². The van der Waals surface area contributed by atoms with Gasteiger partial charge in [0.15, 0.2) is 0 Å². The molecule has 0 heterocycles. The van der Waals surface area contributed by atoms with Gasteiger partial charge in [-0.3, -0.25) is 4.79 Å². The highest BCUT2D eigenvalue weighted by Gasteiger charge is 2.06. The molecule has 0 aromatic heterocycles. The zero-order chi connectivity index (χ0) is 13.6. The summed E-state index contributed by atoms with van der Waals surface area (Å²) in [4.78, 5) is 10.7. The number of hydrogen-bond donors (Lipinski definition) is 2. The van der Waals surface area contributed by atoms with E-state index in [9.17, 15) is 13.2 Å². The smallest absolute Gasteiger partial charge is 0.307 e. The van der Waals surface area contributed by atoms with Gasteiger partial charge in [0.25, 0.3) is 0 Å². The van der Waals surface area contributed by atoms with Crippen LogP contribution in [0.3, 0.4) is 0 Å². The molecule has 0 atom stereocenters. The summed E-state index contributed by atoms with van der Waals surface area (Å²) < 4.78 is 21.9. The number of carbonyl (C=O) groups is 1. The van der Waals surface area contributed by atoms with Crippen molar-refractivity contribution in [3.8, 4) is 0 Å². The minimum atomic E-state index is -2.96. The molecule has 1 aromatic rings. The van der Waals surface area contributed by atoms with E-state index in [0.29, 0.717) is 13.1 Å². The number of aliphatic carboxylic acids is 1. The molecular formula is C12H17NO4S. The van der Waals surface area contributed by atoms with Crippen LogP contribution in [0.4, 0.5) is 0 Å². The summed E-state index contributed by atoms with van der Waals surface area (Å²) in [5, 5.41) is 11.8. The zero-order valence-corrected chi connectivity index (χ0v) is 11.0. The Morgan fingerprint density at radius 2 is 1.89 bits per heavy atom. The van der Waals surface area contributed by atoms with Crippen LogP contribution in [0.2, 0.25) is 0 Å². The number of carboxylic acids is 1. The molecule has 0 aliphatic heterocycles. The first-order valence-corrected chi connectivity index (χ1v) is 7.61. The average molecular weight is 271 g/mol. The maximum Gasteiger partial charge on any atom is 0.307 e. The quantitative estimate of drug-likeness (QED) is 0.703. The molecule has 0 amide bonds. The highest BCUT2D eigenvalue weighted by Crippen LogP contribution is 2.09. The van der Waals surface area contributed by atoms with E-state index in [2.05, 4.69) is 5.32 Å². The van der Waals surface area contributed by atoms with Gasteiger partial charge in [-0.1, -0.05) is 24.3 Å². The van der Waals surface area contributed by atoms with E-state index in [0.717, 1.165) is 11.1 Å². The summed E-state index contributed by atoms with van der Waals surface area (Å²) in [6.07, 6.45) is 1.16. The van der Waals surface area contributed by atoms with Gasteiger partial charge in [-0.25, -0.2) is 8.42 Å². The lowest BCUT2D eigenvalue weighted by atomic mass is 10.0. The van der Waals surface area contributed by atoms with Gasteiger partial charge >= 0.3 is 5.97 Å². The Balaban J connectivity index is 2.54. The van der Waals surface area contributed by atoms with Gasteiger partial charge in [-0.15, -0.1) is 0 Å². The number of hydrogen-bond acceptors (Lipinski definition) is 4. The molecule has 2 N–H and O–H groups in total. The van der Waals surface area contributed by atoms with Gasteiger partial charge in [0.1, 0.15) is 9.84 Å². The first-order valence-electron chi connectivity index (χ1n) is 5.55. The third-order valence-corrected chi connectivity index (χ3v) is 3.37. The number of nitrogens with one attached hydrogen (secondary N) is 1. The Bertz CT molecular complexity index is 511. The van der Waals surface area contributed by atoms with Crippen molar-refractivity contribution in [3.63, 3.8) is 0 Å². The molecule has 0 saturated heterocycles. The van der Waals surface area contributed by atoms with Crippen LogP contribution in [0.15, 0.2) is 24.3 Å². The summed E-state index contributed by atoms with van der Waals surface area (Å²) >= 11 is 0. The van der Waals surface area contributed by atoms with Gasteiger partial charge in [0.2, 0.25) is 0 Å². The molecule has 0 unspecified atom stereocenters. The molecule has 0 aliphatic rings. The second-order valence-electron chi connectivity index (χ2n) is 4.15. The number of benzene rings is 1. The molecule has 1 aromatic carbocycles. The Morgan fingerprint density at radius 1 is 1.28 bits per heavy atom. The van der Waals surface area contributed by atoms with Crippen molar-refractivity contribution in [2.75, 3.05) is 18.6 Å². The Labute approximate surface area is 107 Å². The van der Waals surface area contributed by atoms with Crippen molar-refractivity contribution in [1.82, 2.24) is 5.32 Å². The highest BCUT2D eigenvalue weighted by molar-refractivity contribution is 7.90. The molecule has 0 radical (unpaired) electrons. The van der Waals surface area contributed by atoms with Crippen molar-refractivity contribution in [2.45, 2.75) is 13.0 Å². The average Bonchev–Trinajstić information content (AvgIpc) is 2.24. The van der Waals surface area contributed by atoms with Gasteiger partial charge in [-0.2, -0.15) is 0 Å². The Morgan fingerprint density at radius 3 is 2.44 bits per heavy atom. The van der Waals surface area contributed by atoms with Crippen LogP contribution in [0, 0.1) is 0 Å². The van der Waals surface area contributed by atoms with E-state index < -0.39 is 15.8 Å². The van der Waals surface area contributed by atoms with Crippen molar-refractivity contribution in [3.05, 3.63) is 35.4 Å². The first kappa shape index (κ1) is 14.7. The van der Waals surface area contributed by atoms with Gasteiger partial charge in [-0.05, 0) is 11.1 Å². The van der Waals surface area contributed by atoms with Crippen LogP contribution in [0.25, 0.3) is 0 Å². The van der Waals surface area contributed by atoms with Crippen molar-refractivity contribution >= 4 is 15.8 Å². The number of sulfone groups is 1. The van der Waals surface area contributed by atoms with E-state index in [4.69, 9.17) is 5.11 Å². The van der Waals surface area contributed by atoms with E-state index in [-0.39, 0.29) is 12.2 Å². The van der Waals surface area contributed by atoms with Crippen LogP contribution >= 0.6 is 0 Å². The summed E-state index contributed by atoms with van der Waals surface area (Å²) in [6.45, 7) is 0.833. The predicted octanol–water partition coefficient (Wildman–Crippen LogP) is 0.448. The molecule has 0 spiro atoms. The van der Waals surface area contributed by atoms with Crippen LogP contribution in [0.5, 0.6) is 0 Å². The summed E-state index contributed by atoms with van der Waals surface area (Å²) in [5.41, 5.74) is 1.63. The SMILES string of the molecule is CS(=O)(=O)CCNCc1ccccc1CC(=O)O. The second-order valence-corrected chi connectivity index (χ2v) is 6.41. The fourth-order valence-corrected chi connectivity index (χ4v) is 2.06. The second kappa shape index (κ2) is 6.51. The van der Waals surface area contributed by atoms with Crippen LogP contribution < -0.4 is 5.32 Å². The molecule has 0 aliphatic carbocycles. The van der Waals surface area contributed by atoms with E-state index in [1.54, 1.807) is 12.1 Å². The van der Waals surface area contributed by atoms with Crippen LogP contribution in [-0.4, -0.2) is 38.0 Å². The normalized spacial score (nSPS) is 11.4. The summed E-state index contributed by atoms with van der Waals surface area (Å²) in [5.74, 6) is -0.799. The Kier molecular flexibility index (Phi) is 5.30. The van der Waals surface area contributed by atoms with E-state index in [1.807, 2.05) is 12.1 Å². The molecule has 5 nitrogen and oxygen atoms in total. The summed E-state index contributed by atoms with van der Waals surface area (Å²) in [6, 6.07) is 7.23. The summed E-state index contributed by atoms with van der Waals surface area (Å²) in [7, 11) is -2.96. The van der Waals surface area contributed by atoms with E-state index in [1.165, 1.54) is 6.26 Å². The third-order valence-electron chi connectivity index (χ3n) is 2.43. The van der Waals surface area contributed by atoms with Gasteiger partial charge in [0, 0.05) is 19.3 Å². The first-order chi connectivity index (χ1) is 8.38. The van der Waals surface area contributed by atoms with Gasteiger partial charge < -0.3 is 10.4 Å². The molecule has 0 fully saturated rings. The fraction of sp³-hybridized carbons (Fsp3) is 0.417. The fourth-order valence-electron chi connectivity index (χ4n) is 1.55. The van der Waals surface area contributed by atoms with Crippen molar-refractivity contribution < 1.29 is 18.3 Å². The topological polar surface area (TPSA) is 83.5 Å². The predicted molar refractivity (Wildman–Crippen MR) is 69.2 cm³/mol. The third kappa shape index (κ3) is 5.79. The maximum absolute atomic E-state index is 10.9. The van der Waals surface area contributed by atoms with E-state index >= 15 is 0 Å². The minimum absolute atomic E-state index is 0.0239. The Hall–Kier alpha value is -1.40. The molecular weight excluding hydrogens is 254 g/mol. The van der Waals surface area contributed by atoms with Crippen molar-refractivity contribution in [1.29, 1.82) is 0 Å². The lowest BCUT2D eigenvalue weighted by molar-refractivity contribution is -0.136. The number of rotatable bonds is 7. The van der Waals surface area contributed by atoms with Crippen molar-refractivity contribution in [2.24, 2.45) is 0 Å². The molecule has 6 heteroatoms. The monoisotopic (exact) mass is 271 g/mol. The number of carboxylic acid groups (broad SMARTS) is 1. The molecule has 1 rings (SSSR count). The standard InChI is InChI=1S/C12H17NO4S/c1-18(16,17)7-6-13-9-11-5-3-2-4-10(11)8-12(14)15/h2-5,13H,6-9H2,1H3,(H,14,15). The molecule has 100 valence electrons. The highest BCUT2D eigenvalue weighted by atomic mass is 32.2. The maximum atomic E-state index is 10.9. The molecule has 0 bridgehead atoms. The minimum Gasteiger partial charge on any atom is -0.481 e.